The first kappa shape index (κ1) is 12.9. The fraction of sp³-hybridized carbons (Fsp3) is 0. The Hall–Kier alpha value is -3.06. The van der Waals surface area contributed by atoms with Crippen molar-refractivity contribution in [3.63, 3.8) is 0 Å². The van der Waals surface area contributed by atoms with Gasteiger partial charge < -0.3 is 10.7 Å². The van der Waals surface area contributed by atoms with Crippen molar-refractivity contribution in [2.24, 2.45) is 5.84 Å². The number of anilines is 2. The number of rotatable bonds is 3. The van der Waals surface area contributed by atoms with Crippen molar-refractivity contribution < 1.29 is 4.79 Å². The van der Waals surface area contributed by atoms with Crippen molar-refractivity contribution in [2.75, 3.05) is 10.7 Å². The molecule has 1 amide bonds. The standard InChI is InChI=1S/C14H12N6O/c15-20-13-8-17-7-12(18-13)14(21)19-11-3-1-2-9-4-5-16-6-10(9)11/h1-8H,15H2,(H,18,20)(H,19,21). The topological polar surface area (TPSA) is 106 Å². The quantitative estimate of drug-likeness (QED) is 0.496. The van der Waals surface area contributed by atoms with Crippen LogP contribution in [0, 0.1) is 0 Å². The Morgan fingerprint density at radius 1 is 1.10 bits per heavy atom. The van der Waals surface area contributed by atoms with E-state index in [1.54, 1.807) is 18.5 Å². The minimum absolute atomic E-state index is 0.173. The molecule has 0 aliphatic carbocycles. The average Bonchev–Trinajstić information content (AvgIpc) is 2.55. The molecule has 0 fully saturated rings. The highest BCUT2D eigenvalue weighted by atomic mass is 16.1. The van der Waals surface area contributed by atoms with E-state index in [2.05, 4.69) is 25.7 Å². The molecule has 1 aromatic carbocycles. The van der Waals surface area contributed by atoms with E-state index in [4.69, 9.17) is 5.84 Å². The number of aromatic nitrogens is 3. The van der Waals surface area contributed by atoms with Crippen molar-refractivity contribution in [3.05, 3.63) is 54.7 Å². The van der Waals surface area contributed by atoms with Gasteiger partial charge in [-0.15, -0.1) is 0 Å². The summed E-state index contributed by atoms with van der Waals surface area (Å²) in [5, 5.41) is 4.65. The molecular weight excluding hydrogens is 268 g/mol. The average molecular weight is 280 g/mol. The highest BCUT2D eigenvalue weighted by molar-refractivity contribution is 6.08. The maximum Gasteiger partial charge on any atom is 0.275 e. The largest absolute Gasteiger partial charge is 0.320 e. The molecule has 0 unspecified atom stereocenters. The molecule has 21 heavy (non-hydrogen) atoms. The number of pyridine rings is 1. The van der Waals surface area contributed by atoms with Crippen LogP contribution in [0.25, 0.3) is 10.8 Å². The van der Waals surface area contributed by atoms with Gasteiger partial charge in [0.1, 0.15) is 5.69 Å². The van der Waals surface area contributed by atoms with Gasteiger partial charge in [-0.05, 0) is 17.5 Å². The number of carbonyl (C=O) groups excluding carboxylic acids is 1. The Bertz CT molecular complexity index is 799. The lowest BCUT2D eigenvalue weighted by Crippen LogP contribution is -2.16. The number of hydrogen-bond donors (Lipinski definition) is 3. The summed E-state index contributed by atoms with van der Waals surface area (Å²) in [6, 6.07) is 7.50. The zero-order valence-electron chi connectivity index (χ0n) is 10.9. The summed E-state index contributed by atoms with van der Waals surface area (Å²) >= 11 is 0. The van der Waals surface area contributed by atoms with Crippen LogP contribution in [0.2, 0.25) is 0 Å². The molecule has 104 valence electrons. The predicted molar refractivity (Wildman–Crippen MR) is 79.5 cm³/mol. The van der Waals surface area contributed by atoms with Gasteiger partial charge in [-0.1, -0.05) is 12.1 Å². The number of fused-ring (bicyclic) bond motifs is 1. The van der Waals surface area contributed by atoms with Crippen LogP contribution >= 0.6 is 0 Å². The van der Waals surface area contributed by atoms with Gasteiger partial charge >= 0.3 is 0 Å². The summed E-state index contributed by atoms with van der Waals surface area (Å²) in [4.78, 5) is 24.2. The fourth-order valence-electron chi connectivity index (χ4n) is 1.95. The number of nitrogen functional groups attached to an aromatic ring is 1. The highest BCUT2D eigenvalue weighted by Gasteiger charge is 2.10. The molecule has 3 rings (SSSR count). The van der Waals surface area contributed by atoms with Crippen molar-refractivity contribution in [3.8, 4) is 0 Å². The highest BCUT2D eigenvalue weighted by Crippen LogP contribution is 2.22. The molecule has 2 aromatic heterocycles. The molecule has 0 atom stereocenters. The molecule has 7 nitrogen and oxygen atoms in total. The first-order chi connectivity index (χ1) is 10.3. The minimum Gasteiger partial charge on any atom is -0.320 e. The molecule has 0 saturated heterocycles. The molecule has 0 spiro atoms. The molecule has 3 aromatic rings. The number of benzene rings is 1. The SMILES string of the molecule is NNc1cncc(C(=O)Nc2cccc3ccncc23)n1. The maximum absolute atomic E-state index is 12.2. The van der Waals surface area contributed by atoms with Crippen molar-refractivity contribution >= 4 is 28.2 Å². The first-order valence-electron chi connectivity index (χ1n) is 6.20. The van der Waals surface area contributed by atoms with E-state index < -0.39 is 0 Å². The second kappa shape index (κ2) is 5.51. The van der Waals surface area contributed by atoms with Crippen molar-refractivity contribution in [2.45, 2.75) is 0 Å². The van der Waals surface area contributed by atoms with Crippen LogP contribution in [-0.2, 0) is 0 Å². The van der Waals surface area contributed by atoms with E-state index in [1.165, 1.54) is 12.4 Å². The van der Waals surface area contributed by atoms with Crippen LogP contribution in [0.3, 0.4) is 0 Å². The van der Waals surface area contributed by atoms with Crippen LogP contribution in [0.15, 0.2) is 49.1 Å². The van der Waals surface area contributed by atoms with Gasteiger partial charge in [-0.25, -0.2) is 10.8 Å². The van der Waals surface area contributed by atoms with Gasteiger partial charge in [0.25, 0.3) is 5.91 Å². The number of nitrogens with two attached hydrogens (primary N) is 1. The van der Waals surface area contributed by atoms with Crippen LogP contribution in [0.4, 0.5) is 11.5 Å². The Morgan fingerprint density at radius 3 is 2.86 bits per heavy atom. The van der Waals surface area contributed by atoms with Gasteiger partial charge in [0, 0.05) is 17.8 Å². The third-order valence-corrected chi connectivity index (χ3v) is 2.95. The van der Waals surface area contributed by atoms with Crippen LogP contribution < -0.4 is 16.6 Å². The van der Waals surface area contributed by atoms with Crippen LogP contribution in [0.5, 0.6) is 0 Å². The number of nitrogens with one attached hydrogen (secondary N) is 2. The number of hydrogen-bond acceptors (Lipinski definition) is 6. The number of nitrogens with zero attached hydrogens (tertiary/aromatic N) is 3. The summed E-state index contributed by atoms with van der Waals surface area (Å²) in [6.45, 7) is 0. The normalized spacial score (nSPS) is 10.3. The minimum atomic E-state index is -0.365. The number of carbonyl (C=O) groups is 1. The Kier molecular flexibility index (Phi) is 3.40. The smallest absolute Gasteiger partial charge is 0.275 e. The monoisotopic (exact) mass is 280 g/mol. The van der Waals surface area contributed by atoms with Gasteiger partial charge in [0.15, 0.2) is 5.82 Å². The molecule has 0 saturated carbocycles. The summed E-state index contributed by atoms with van der Waals surface area (Å²) in [6.07, 6.45) is 6.21. The third-order valence-electron chi connectivity index (χ3n) is 2.95. The third kappa shape index (κ3) is 2.63. The van der Waals surface area contributed by atoms with Gasteiger partial charge in [0.2, 0.25) is 0 Å². The Labute approximate surface area is 120 Å². The van der Waals surface area contributed by atoms with Gasteiger partial charge in [-0.2, -0.15) is 0 Å². The zero-order chi connectivity index (χ0) is 14.7. The molecule has 0 aliphatic heterocycles. The van der Waals surface area contributed by atoms with Gasteiger partial charge in [-0.3, -0.25) is 14.8 Å². The van der Waals surface area contributed by atoms with E-state index in [1.807, 2.05) is 18.2 Å². The van der Waals surface area contributed by atoms with E-state index in [9.17, 15) is 4.79 Å². The number of hydrazine groups is 1. The van der Waals surface area contributed by atoms with E-state index in [0.717, 1.165) is 10.8 Å². The summed E-state index contributed by atoms with van der Waals surface area (Å²) in [5.74, 6) is 5.21. The van der Waals surface area contributed by atoms with Crippen LogP contribution in [0.1, 0.15) is 10.5 Å². The summed E-state index contributed by atoms with van der Waals surface area (Å²) in [7, 11) is 0. The summed E-state index contributed by atoms with van der Waals surface area (Å²) in [5.41, 5.74) is 3.19. The summed E-state index contributed by atoms with van der Waals surface area (Å²) < 4.78 is 0. The molecule has 2 heterocycles. The lowest BCUT2D eigenvalue weighted by molar-refractivity contribution is 0.102. The van der Waals surface area contributed by atoms with Crippen molar-refractivity contribution in [1.82, 2.24) is 15.0 Å². The second-order valence-corrected chi connectivity index (χ2v) is 4.29. The number of amides is 1. The molecule has 4 N–H and O–H groups in total. The molecule has 7 heteroatoms. The zero-order valence-corrected chi connectivity index (χ0v) is 10.9. The maximum atomic E-state index is 12.2. The lowest BCUT2D eigenvalue weighted by Gasteiger charge is -2.08. The van der Waals surface area contributed by atoms with E-state index in [-0.39, 0.29) is 11.6 Å². The fourth-order valence-corrected chi connectivity index (χ4v) is 1.95. The first-order valence-corrected chi connectivity index (χ1v) is 6.20. The molecular formula is C14H12N6O. The molecule has 0 aliphatic rings. The van der Waals surface area contributed by atoms with Gasteiger partial charge in [0.05, 0.1) is 18.1 Å². The van der Waals surface area contributed by atoms with Crippen molar-refractivity contribution in [1.29, 1.82) is 0 Å². The molecule has 0 radical (unpaired) electrons. The predicted octanol–water partition coefficient (Wildman–Crippen LogP) is 1.56. The molecule has 0 bridgehead atoms. The second-order valence-electron chi connectivity index (χ2n) is 4.29. The Balaban J connectivity index is 1.93. The van der Waals surface area contributed by atoms with E-state index >= 15 is 0 Å². The van der Waals surface area contributed by atoms with Crippen LogP contribution in [-0.4, -0.2) is 20.9 Å². The van der Waals surface area contributed by atoms with E-state index in [0.29, 0.717) is 11.5 Å². The lowest BCUT2D eigenvalue weighted by atomic mass is 10.1. The Morgan fingerprint density at radius 2 is 2.00 bits per heavy atom.